The molecule has 2 saturated carbocycles. The number of pyridine rings is 1. The summed E-state index contributed by atoms with van der Waals surface area (Å²) in [5.74, 6) is -0.634. The Hall–Kier alpha value is -1.97. The maximum Gasteiger partial charge on any atom is 0.307 e. The second kappa shape index (κ2) is 4.77. The number of hydrogen-bond acceptors (Lipinski definition) is 2. The first kappa shape index (κ1) is 13.7. The standard InChI is InChI=1S/C18H18FNO2/c19-12-1-2-16-14(9-12)13(5-8-20-16)11-3-6-18(7-4-11)10-15(18)17(21)22/h1-2,5,8-9,11,15H,3-4,6-7,10H2,(H,21,22)/t11-,15-,18-/m0/s1. The molecule has 0 amide bonds. The van der Waals surface area contributed by atoms with Gasteiger partial charge in [0.15, 0.2) is 0 Å². The van der Waals surface area contributed by atoms with Crippen LogP contribution in [0, 0.1) is 17.2 Å². The van der Waals surface area contributed by atoms with E-state index in [4.69, 9.17) is 0 Å². The highest BCUT2D eigenvalue weighted by Gasteiger charge is 2.58. The summed E-state index contributed by atoms with van der Waals surface area (Å²) in [7, 11) is 0. The van der Waals surface area contributed by atoms with Crippen LogP contribution >= 0.6 is 0 Å². The Bertz CT molecular complexity index is 750. The lowest BCUT2D eigenvalue weighted by Crippen LogP contribution is -2.18. The van der Waals surface area contributed by atoms with Gasteiger partial charge >= 0.3 is 5.97 Å². The van der Waals surface area contributed by atoms with E-state index in [2.05, 4.69) is 4.98 Å². The maximum absolute atomic E-state index is 13.6. The van der Waals surface area contributed by atoms with Crippen molar-refractivity contribution in [1.82, 2.24) is 4.98 Å². The Labute approximate surface area is 128 Å². The predicted molar refractivity (Wildman–Crippen MR) is 81.1 cm³/mol. The van der Waals surface area contributed by atoms with Crippen LogP contribution in [0.25, 0.3) is 10.9 Å². The zero-order valence-corrected chi connectivity index (χ0v) is 12.3. The minimum atomic E-state index is -0.644. The third kappa shape index (κ3) is 2.09. The molecule has 0 aliphatic heterocycles. The summed E-state index contributed by atoms with van der Waals surface area (Å²) < 4.78 is 13.6. The van der Waals surface area contributed by atoms with E-state index in [1.54, 1.807) is 18.3 Å². The van der Waals surface area contributed by atoms with Gasteiger partial charge in [-0.1, -0.05) is 0 Å². The van der Waals surface area contributed by atoms with Crippen molar-refractivity contribution in [3.63, 3.8) is 0 Å². The molecule has 114 valence electrons. The molecule has 1 atom stereocenters. The highest BCUT2D eigenvalue weighted by molar-refractivity contribution is 5.82. The van der Waals surface area contributed by atoms with Crippen LogP contribution in [0.1, 0.15) is 43.6 Å². The topological polar surface area (TPSA) is 50.2 Å². The fraction of sp³-hybridized carbons (Fsp3) is 0.444. The van der Waals surface area contributed by atoms with Crippen LogP contribution in [0.2, 0.25) is 0 Å². The van der Waals surface area contributed by atoms with E-state index in [0.29, 0.717) is 5.92 Å². The van der Waals surface area contributed by atoms with Crippen LogP contribution in [-0.2, 0) is 4.79 Å². The van der Waals surface area contributed by atoms with E-state index in [9.17, 15) is 14.3 Å². The number of aromatic nitrogens is 1. The van der Waals surface area contributed by atoms with Crippen molar-refractivity contribution in [1.29, 1.82) is 0 Å². The average molecular weight is 299 g/mol. The monoisotopic (exact) mass is 299 g/mol. The van der Waals surface area contributed by atoms with Crippen LogP contribution in [0.4, 0.5) is 4.39 Å². The van der Waals surface area contributed by atoms with Crippen molar-refractivity contribution < 1.29 is 14.3 Å². The van der Waals surface area contributed by atoms with Crippen LogP contribution in [-0.4, -0.2) is 16.1 Å². The van der Waals surface area contributed by atoms with E-state index < -0.39 is 5.97 Å². The molecule has 1 N–H and O–H groups in total. The SMILES string of the molecule is O=C(O)[C@@H]1C[C@]12CC[C@@H](c1ccnc3ccc(F)cc31)CC2. The molecule has 1 aromatic heterocycles. The lowest BCUT2D eigenvalue weighted by atomic mass is 9.75. The third-order valence-corrected chi connectivity index (χ3v) is 5.65. The molecule has 2 fully saturated rings. The van der Waals surface area contributed by atoms with Crippen LogP contribution in [0.5, 0.6) is 0 Å². The molecule has 4 heteroatoms. The first-order chi connectivity index (χ1) is 10.6. The Morgan fingerprint density at radius 1 is 1.27 bits per heavy atom. The van der Waals surface area contributed by atoms with E-state index >= 15 is 0 Å². The summed E-state index contributed by atoms with van der Waals surface area (Å²) in [5.41, 5.74) is 2.04. The second-order valence-electron chi connectivity index (χ2n) is 6.79. The Morgan fingerprint density at radius 2 is 2.05 bits per heavy atom. The number of carboxylic acid groups (broad SMARTS) is 1. The molecule has 2 aliphatic carbocycles. The van der Waals surface area contributed by atoms with Crippen molar-refractivity contribution >= 4 is 16.9 Å². The first-order valence-electron chi connectivity index (χ1n) is 7.86. The molecule has 1 spiro atoms. The molecule has 1 heterocycles. The van der Waals surface area contributed by atoms with Crippen molar-refractivity contribution in [2.24, 2.45) is 11.3 Å². The van der Waals surface area contributed by atoms with Gasteiger partial charge in [-0.2, -0.15) is 0 Å². The van der Waals surface area contributed by atoms with Gasteiger partial charge in [0.05, 0.1) is 11.4 Å². The molecule has 0 bridgehead atoms. The van der Waals surface area contributed by atoms with Gasteiger partial charge in [0, 0.05) is 11.6 Å². The largest absolute Gasteiger partial charge is 0.481 e. The number of nitrogens with zero attached hydrogens (tertiary/aromatic N) is 1. The molecule has 0 saturated heterocycles. The molecule has 1 aromatic carbocycles. The predicted octanol–water partition coefficient (Wildman–Crippen LogP) is 4.12. The number of rotatable bonds is 2. The van der Waals surface area contributed by atoms with Crippen molar-refractivity contribution in [3.05, 3.63) is 41.8 Å². The molecule has 2 aliphatic rings. The first-order valence-corrected chi connectivity index (χ1v) is 7.86. The summed E-state index contributed by atoms with van der Waals surface area (Å²) >= 11 is 0. The Morgan fingerprint density at radius 3 is 2.73 bits per heavy atom. The van der Waals surface area contributed by atoms with Gasteiger partial charge in [-0.15, -0.1) is 0 Å². The van der Waals surface area contributed by atoms with Crippen molar-refractivity contribution in [3.8, 4) is 0 Å². The number of fused-ring (bicyclic) bond motifs is 1. The smallest absolute Gasteiger partial charge is 0.307 e. The fourth-order valence-electron chi connectivity index (χ4n) is 4.25. The average Bonchev–Trinajstić information content (AvgIpc) is 3.22. The zero-order chi connectivity index (χ0) is 15.3. The third-order valence-electron chi connectivity index (χ3n) is 5.65. The normalized spacial score (nSPS) is 30.6. The summed E-state index contributed by atoms with van der Waals surface area (Å²) in [4.78, 5) is 15.5. The molecule has 4 rings (SSSR count). The van der Waals surface area contributed by atoms with Gasteiger partial charge < -0.3 is 5.11 Å². The number of carboxylic acids is 1. The van der Waals surface area contributed by atoms with Gasteiger partial charge in [-0.05, 0) is 73.3 Å². The van der Waals surface area contributed by atoms with Gasteiger partial charge in [0.25, 0.3) is 0 Å². The van der Waals surface area contributed by atoms with Crippen LogP contribution < -0.4 is 0 Å². The maximum atomic E-state index is 13.6. The highest BCUT2D eigenvalue weighted by Crippen LogP contribution is 2.63. The van der Waals surface area contributed by atoms with Crippen LogP contribution in [0.3, 0.4) is 0 Å². The van der Waals surface area contributed by atoms with E-state index in [1.807, 2.05) is 6.07 Å². The number of aliphatic carboxylic acids is 1. The summed E-state index contributed by atoms with van der Waals surface area (Å²) in [6, 6.07) is 6.72. The fourth-order valence-corrected chi connectivity index (χ4v) is 4.25. The van der Waals surface area contributed by atoms with Gasteiger partial charge in [-0.3, -0.25) is 9.78 Å². The minimum absolute atomic E-state index is 0.0520. The second-order valence-corrected chi connectivity index (χ2v) is 6.79. The minimum Gasteiger partial charge on any atom is -0.481 e. The lowest BCUT2D eigenvalue weighted by Gasteiger charge is -2.30. The van der Waals surface area contributed by atoms with Crippen molar-refractivity contribution in [2.75, 3.05) is 0 Å². The summed E-state index contributed by atoms with van der Waals surface area (Å²) in [6.07, 6.45) is 6.53. The Balaban J connectivity index is 1.60. The molecule has 22 heavy (non-hydrogen) atoms. The zero-order valence-electron chi connectivity index (χ0n) is 12.3. The molecular weight excluding hydrogens is 281 g/mol. The van der Waals surface area contributed by atoms with Gasteiger partial charge in [0.1, 0.15) is 5.82 Å². The molecule has 0 unspecified atom stereocenters. The van der Waals surface area contributed by atoms with Gasteiger partial charge in [0.2, 0.25) is 0 Å². The molecule has 3 nitrogen and oxygen atoms in total. The highest BCUT2D eigenvalue weighted by atomic mass is 19.1. The molecule has 0 radical (unpaired) electrons. The van der Waals surface area contributed by atoms with E-state index in [0.717, 1.165) is 48.6 Å². The number of hydrogen-bond donors (Lipinski definition) is 1. The van der Waals surface area contributed by atoms with E-state index in [-0.39, 0.29) is 17.2 Å². The van der Waals surface area contributed by atoms with Crippen molar-refractivity contribution in [2.45, 2.75) is 38.0 Å². The lowest BCUT2D eigenvalue weighted by molar-refractivity contribution is -0.139. The van der Waals surface area contributed by atoms with Gasteiger partial charge in [-0.25, -0.2) is 4.39 Å². The number of benzene rings is 1. The summed E-state index contributed by atoms with van der Waals surface area (Å²) in [6.45, 7) is 0. The number of halogens is 1. The number of carbonyl (C=O) groups is 1. The summed E-state index contributed by atoms with van der Waals surface area (Å²) in [5, 5.41) is 10.1. The quantitative estimate of drug-likeness (QED) is 0.907. The Kier molecular flexibility index (Phi) is 2.96. The van der Waals surface area contributed by atoms with E-state index in [1.165, 1.54) is 6.07 Å². The molecular formula is C18H18FNO2. The molecule has 2 aromatic rings. The van der Waals surface area contributed by atoms with Crippen LogP contribution in [0.15, 0.2) is 30.5 Å².